The number of rotatable bonds is 11. The van der Waals surface area contributed by atoms with E-state index in [0.717, 1.165) is 47.0 Å². The average Bonchev–Trinajstić information content (AvgIpc) is 3.28. The number of carboxylic acid groups (broad SMARTS) is 1. The van der Waals surface area contributed by atoms with Gasteiger partial charge in [-0.25, -0.2) is 0 Å². The Balaban J connectivity index is 1.57. The van der Waals surface area contributed by atoms with Crippen LogP contribution >= 0.6 is 0 Å². The van der Waals surface area contributed by atoms with Crippen molar-refractivity contribution in [2.75, 3.05) is 7.11 Å². The Morgan fingerprint density at radius 3 is 2.34 bits per heavy atom. The van der Waals surface area contributed by atoms with Gasteiger partial charge in [-0.15, -0.1) is 0 Å². The SMILES string of the molecule is COc1ccc(-c2ccc3c(cnn3C(CC(C)C)c3ccc(CCCCC(=O)O)cc3)c2)cc1. The third kappa shape index (κ3) is 6.10. The first-order valence-corrected chi connectivity index (χ1v) is 12.4. The first kappa shape index (κ1) is 24.5. The number of benzene rings is 3. The van der Waals surface area contributed by atoms with Crippen LogP contribution in [0.15, 0.2) is 72.9 Å². The number of carbonyl (C=O) groups is 1. The highest BCUT2D eigenvalue weighted by Gasteiger charge is 2.19. The van der Waals surface area contributed by atoms with Crippen molar-refractivity contribution in [2.45, 2.75) is 52.0 Å². The Morgan fingerprint density at radius 1 is 0.971 bits per heavy atom. The lowest BCUT2D eigenvalue weighted by atomic mass is 9.95. The van der Waals surface area contributed by atoms with Crippen molar-refractivity contribution in [1.82, 2.24) is 9.78 Å². The Morgan fingerprint density at radius 2 is 1.69 bits per heavy atom. The third-order valence-corrected chi connectivity index (χ3v) is 6.48. The molecule has 0 aliphatic rings. The molecule has 0 bridgehead atoms. The van der Waals surface area contributed by atoms with E-state index in [2.05, 4.69) is 73.1 Å². The topological polar surface area (TPSA) is 64.4 Å². The summed E-state index contributed by atoms with van der Waals surface area (Å²) in [7, 11) is 1.68. The second kappa shape index (κ2) is 11.2. The summed E-state index contributed by atoms with van der Waals surface area (Å²) in [5.74, 6) is 0.651. The quantitative estimate of drug-likeness (QED) is 0.237. The summed E-state index contributed by atoms with van der Waals surface area (Å²) in [5, 5.41) is 14.8. The molecule has 1 heterocycles. The van der Waals surface area contributed by atoms with Crippen LogP contribution in [0.4, 0.5) is 0 Å². The summed E-state index contributed by atoms with van der Waals surface area (Å²) in [6, 6.07) is 23.6. The van der Waals surface area contributed by atoms with E-state index in [0.29, 0.717) is 12.3 Å². The standard InChI is InChI=1S/C30H34N2O3/c1-21(2)18-29(24-10-8-22(9-11-24)6-4-5-7-30(33)34)32-28-17-14-25(19-26(28)20-31-32)23-12-15-27(35-3)16-13-23/h8-17,19-21,29H,4-7,18H2,1-3H3,(H,33,34). The summed E-state index contributed by atoms with van der Waals surface area (Å²) in [6.45, 7) is 4.49. The minimum Gasteiger partial charge on any atom is -0.497 e. The molecule has 4 rings (SSSR count). The van der Waals surface area contributed by atoms with E-state index >= 15 is 0 Å². The number of aromatic nitrogens is 2. The van der Waals surface area contributed by atoms with Gasteiger partial charge in [0.15, 0.2) is 0 Å². The fraction of sp³-hybridized carbons (Fsp3) is 0.333. The molecule has 182 valence electrons. The molecule has 1 atom stereocenters. The molecular weight excluding hydrogens is 436 g/mol. The number of fused-ring (bicyclic) bond motifs is 1. The van der Waals surface area contributed by atoms with Crippen LogP contribution in [-0.2, 0) is 11.2 Å². The van der Waals surface area contributed by atoms with Gasteiger partial charge in [-0.1, -0.05) is 56.3 Å². The predicted octanol–water partition coefficient (Wildman–Crippen LogP) is 7.14. The summed E-state index contributed by atoms with van der Waals surface area (Å²) in [5.41, 5.74) is 5.94. The van der Waals surface area contributed by atoms with Gasteiger partial charge in [0.25, 0.3) is 0 Å². The number of aliphatic carboxylic acids is 1. The predicted molar refractivity (Wildman–Crippen MR) is 141 cm³/mol. The number of unbranched alkanes of at least 4 members (excludes halogenated alkanes) is 1. The molecule has 0 spiro atoms. The molecule has 0 fully saturated rings. The van der Waals surface area contributed by atoms with Gasteiger partial charge in [0.2, 0.25) is 0 Å². The van der Waals surface area contributed by atoms with E-state index in [-0.39, 0.29) is 12.5 Å². The van der Waals surface area contributed by atoms with Crippen LogP contribution in [0.3, 0.4) is 0 Å². The molecule has 5 heteroatoms. The van der Waals surface area contributed by atoms with Gasteiger partial charge in [-0.05, 0) is 78.1 Å². The normalized spacial score (nSPS) is 12.2. The molecule has 3 aromatic carbocycles. The number of methoxy groups -OCH3 is 1. The lowest BCUT2D eigenvalue weighted by Gasteiger charge is -2.22. The summed E-state index contributed by atoms with van der Waals surface area (Å²) in [4.78, 5) is 10.7. The van der Waals surface area contributed by atoms with Crippen LogP contribution in [0, 0.1) is 5.92 Å². The Kier molecular flexibility index (Phi) is 7.86. The highest BCUT2D eigenvalue weighted by Crippen LogP contribution is 2.32. The number of ether oxygens (including phenoxy) is 1. The van der Waals surface area contributed by atoms with Gasteiger partial charge in [-0.2, -0.15) is 5.10 Å². The lowest BCUT2D eigenvalue weighted by Crippen LogP contribution is -2.14. The number of carboxylic acids is 1. The highest BCUT2D eigenvalue weighted by atomic mass is 16.5. The molecule has 0 saturated carbocycles. The van der Waals surface area contributed by atoms with E-state index in [1.54, 1.807) is 7.11 Å². The Hall–Kier alpha value is -3.60. The molecule has 4 aromatic rings. The van der Waals surface area contributed by atoms with Crippen molar-refractivity contribution in [3.8, 4) is 16.9 Å². The minimum atomic E-state index is -0.723. The van der Waals surface area contributed by atoms with E-state index in [9.17, 15) is 4.79 Å². The van der Waals surface area contributed by atoms with E-state index in [1.807, 2.05) is 18.3 Å². The molecular formula is C30H34N2O3. The van der Waals surface area contributed by atoms with Crippen LogP contribution in [0.2, 0.25) is 0 Å². The maximum Gasteiger partial charge on any atom is 0.303 e. The second-order valence-corrected chi connectivity index (χ2v) is 9.58. The van der Waals surface area contributed by atoms with Gasteiger partial charge in [0, 0.05) is 11.8 Å². The third-order valence-electron chi connectivity index (χ3n) is 6.48. The molecule has 0 saturated heterocycles. The monoisotopic (exact) mass is 470 g/mol. The van der Waals surface area contributed by atoms with Gasteiger partial charge < -0.3 is 9.84 Å². The van der Waals surface area contributed by atoms with Crippen LogP contribution in [0.1, 0.15) is 56.7 Å². The molecule has 0 aliphatic carbocycles. The zero-order valence-corrected chi connectivity index (χ0v) is 20.8. The maximum absolute atomic E-state index is 10.7. The van der Waals surface area contributed by atoms with Crippen molar-refractivity contribution in [1.29, 1.82) is 0 Å². The van der Waals surface area contributed by atoms with Crippen molar-refractivity contribution >= 4 is 16.9 Å². The summed E-state index contributed by atoms with van der Waals surface area (Å²) >= 11 is 0. The maximum atomic E-state index is 10.7. The average molecular weight is 471 g/mol. The molecule has 0 radical (unpaired) electrons. The largest absolute Gasteiger partial charge is 0.497 e. The number of aryl methyl sites for hydroxylation is 1. The van der Waals surface area contributed by atoms with E-state index < -0.39 is 5.97 Å². The minimum absolute atomic E-state index is 0.153. The fourth-order valence-corrected chi connectivity index (χ4v) is 4.60. The Labute approximate surface area is 207 Å². The number of hydrogen-bond acceptors (Lipinski definition) is 3. The fourth-order valence-electron chi connectivity index (χ4n) is 4.60. The van der Waals surface area contributed by atoms with Crippen LogP contribution in [-0.4, -0.2) is 28.0 Å². The first-order chi connectivity index (χ1) is 16.9. The van der Waals surface area contributed by atoms with Gasteiger partial charge in [-0.3, -0.25) is 9.48 Å². The Bertz CT molecular complexity index is 1260. The highest BCUT2D eigenvalue weighted by molar-refractivity contribution is 5.84. The van der Waals surface area contributed by atoms with Crippen molar-refractivity contribution < 1.29 is 14.6 Å². The molecule has 0 aliphatic heterocycles. The smallest absolute Gasteiger partial charge is 0.303 e. The van der Waals surface area contributed by atoms with Crippen molar-refractivity contribution in [2.24, 2.45) is 5.92 Å². The van der Waals surface area contributed by atoms with Crippen molar-refractivity contribution in [3.05, 3.63) is 84.1 Å². The number of nitrogens with zero attached hydrogens (tertiary/aromatic N) is 2. The molecule has 5 nitrogen and oxygen atoms in total. The van der Waals surface area contributed by atoms with Gasteiger partial charge in [0.1, 0.15) is 5.75 Å². The molecule has 1 unspecified atom stereocenters. The lowest BCUT2D eigenvalue weighted by molar-refractivity contribution is -0.137. The molecule has 0 amide bonds. The zero-order chi connectivity index (χ0) is 24.8. The summed E-state index contributed by atoms with van der Waals surface area (Å²) < 4.78 is 7.45. The number of hydrogen-bond donors (Lipinski definition) is 1. The van der Waals surface area contributed by atoms with Crippen LogP contribution < -0.4 is 4.74 Å². The van der Waals surface area contributed by atoms with Crippen LogP contribution in [0.5, 0.6) is 5.75 Å². The van der Waals surface area contributed by atoms with Gasteiger partial charge in [0.05, 0.1) is 24.9 Å². The van der Waals surface area contributed by atoms with Crippen LogP contribution in [0.25, 0.3) is 22.0 Å². The van der Waals surface area contributed by atoms with Gasteiger partial charge >= 0.3 is 5.97 Å². The summed E-state index contributed by atoms with van der Waals surface area (Å²) in [6.07, 6.45) is 5.70. The molecule has 1 aromatic heterocycles. The van der Waals surface area contributed by atoms with E-state index in [4.69, 9.17) is 14.9 Å². The first-order valence-electron chi connectivity index (χ1n) is 12.4. The molecule has 35 heavy (non-hydrogen) atoms. The van der Waals surface area contributed by atoms with E-state index in [1.165, 1.54) is 11.1 Å². The molecule has 1 N–H and O–H groups in total. The zero-order valence-electron chi connectivity index (χ0n) is 20.8. The van der Waals surface area contributed by atoms with Crippen molar-refractivity contribution in [3.63, 3.8) is 0 Å². The second-order valence-electron chi connectivity index (χ2n) is 9.58.